The van der Waals surface area contributed by atoms with Crippen molar-refractivity contribution >= 4 is 5.78 Å². The van der Waals surface area contributed by atoms with Gasteiger partial charge in [0.1, 0.15) is 5.78 Å². The summed E-state index contributed by atoms with van der Waals surface area (Å²) in [6.07, 6.45) is 2.68. The van der Waals surface area contributed by atoms with Crippen LogP contribution in [-0.4, -0.2) is 18.5 Å². The second-order valence-corrected chi connectivity index (χ2v) is 3.43. The van der Waals surface area contributed by atoms with E-state index in [-0.39, 0.29) is 11.5 Å². The summed E-state index contributed by atoms with van der Waals surface area (Å²) in [6, 6.07) is 0. The third-order valence-corrected chi connectivity index (χ3v) is 3.17. The van der Waals surface area contributed by atoms with Crippen molar-refractivity contribution < 1.29 is 9.53 Å². The molecule has 1 atom stereocenters. The molecule has 0 N–H and O–H groups in total. The Morgan fingerprint density at radius 2 is 2.00 bits per heavy atom. The Labute approximate surface area is 74.3 Å². The monoisotopic (exact) mass is 170 g/mol. The van der Waals surface area contributed by atoms with Crippen molar-refractivity contribution in [2.45, 2.75) is 46.1 Å². The van der Waals surface area contributed by atoms with Crippen LogP contribution in [0.15, 0.2) is 0 Å². The molecule has 0 bridgehead atoms. The maximum absolute atomic E-state index is 11.4. The lowest BCUT2D eigenvalue weighted by Crippen LogP contribution is -2.54. The number of Topliss-reactive ketones (excluding diaryl/α,β-unsaturated/α-hetero) is 1. The average Bonchev–Trinajstić information content (AvgIpc) is 2.07. The number of hydrogen-bond donors (Lipinski definition) is 0. The predicted octanol–water partition coefficient (Wildman–Crippen LogP) is 2.17. The van der Waals surface area contributed by atoms with E-state index in [1.807, 2.05) is 6.92 Å². The molecule has 0 radical (unpaired) electrons. The summed E-state index contributed by atoms with van der Waals surface area (Å²) in [5, 5.41) is 0. The smallest absolute Gasteiger partial charge is 0.144 e. The molecule has 1 saturated carbocycles. The van der Waals surface area contributed by atoms with E-state index in [1.165, 1.54) is 0 Å². The normalized spacial score (nSPS) is 26.9. The minimum absolute atomic E-state index is 0.129. The molecule has 12 heavy (non-hydrogen) atoms. The maximum Gasteiger partial charge on any atom is 0.144 e. The summed E-state index contributed by atoms with van der Waals surface area (Å²) in [5.74, 6) is 0.394. The first kappa shape index (κ1) is 9.72. The van der Waals surface area contributed by atoms with E-state index >= 15 is 0 Å². The SMILES string of the molecule is CCO[C@@H]1CC(=O)C1(CC)CC. The highest BCUT2D eigenvalue weighted by Crippen LogP contribution is 2.45. The molecule has 0 aromatic heterocycles. The number of carbonyl (C=O) groups excluding carboxylic acids is 1. The highest BCUT2D eigenvalue weighted by Gasteiger charge is 2.52. The van der Waals surface area contributed by atoms with Crippen LogP contribution in [0.4, 0.5) is 0 Å². The first-order valence-corrected chi connectivity index (χ1v) is 4.86. The first-order valence-electron chi connectivity index (χ1n) is 4.86. The molecule has 1 fully saturated rings. The van der Waals surface area contributed by atoms with Crippen LogP contribution in [0.3, 0.4) is 0 Å². The molecule has 70 valence electrons. The Morgan fingerprint density at radius 3 is 2.33 bits per heavy atom. The van der Waals surface area contributed by atoms with Gasteiger partial charge in [0.2, 0.25) is 0 Å². The van der Waals surface area contributed by atoms with Crippen molar-refractivity contribution in [2.75, 3.05) is 6.61 Å². The molecule has 0 saturated heterocycles. The van der Waals surface area contributed by atoms with Crippen LogP contribution in [0, 0.1) is 5.41 Å². The molecular formula is C10H18O2. The topological polar surface area (TPSA) is 26.3 Å². The molecule has 1 aliphatic carbocycles. The van der Waals surface area contributed by atoms with Crippen molar-refractivity contribution in [3.63, 3.8) is 0 Å². The fourth-order valence-corrected chi connectivity index (χ4v) is 2.13. The Bertz CT molecular complexity index is 171. The average molecular weight is 170 g/mol. The molecule has 0 aromatic carbocycles. The summed E-state index contributed by atoms with van der Waals surface area (Å²) in [7, 11) is 0. The van der Waals surface area contributed by atoms with Crippen molar-refractivity contribution in [3.8, 4) is 0 Å². The molecule has 0 heterocycles. The van der Waals surface area contributed by atoms with Crippen molar-refractivity contribution in [1.29, 1.82) is 0 Å². The number of ketones is 1. The van der Waals surface area contributed by atoms with E-state index in [4.69, 9.17) is 4.74 Å². The number of ether oxygens (including phenoxy) is 1. The maximum atomic E-state index is 11.4. The van der Waals surface area contributed by atoms with E-state index in [0.29, 0.717) is 12.2 Å². The number of carbonyl (C=O) groups is 1. The zero-order valence-electron chi connectivity index (χ0n) is 8.22. The quantitative estimate of drug-likeness (QED) is 0.646. The third kappa shape index (κ3) is 1.18. The van der Waals surface area contributed by atoms with Gasteiger partial charge in [-0.3, -0.25) is 4.79 Å². The lowest BCUT2D eigenvalue weighted by molar-refractivity contribution is -0.164. The van der Waals surface area contributed by atoms with Gasteiger partial charge in [-0.2, -0.15) is 0 Å². The molecule has 0 aromatic rings. The molecule has 1 aliphatic rings. The zero-order chi connectivity index (χ0) is 9.19. The molecule has 2 nitrogen and oxygen atoms in total. The van der Waals surface area contributed by atoms with Gasteiger partial charge in [-0.15, -0.1) is 0 Å². The van der Waals surface area contributed by atoms with Crippen LogP contribution in [0.1, 0.15) is 40.0 Å². The molecule has 0 unspecified atom stereocenters. The first-order chi connectivity index (χ1) is 5.71. The summed E-state index contributed by atoms with van der Waals surface area (Å²) >= 11 is 0. The van der Waals surface area contributed by atoms with E-state index in [2.05, 4.69) is 13.8 Å². The van der Waals surface area contributed by atoms with Crippen molar-refractivity contribution in [3.05, 3.63) is 0 Å². The molecule has 2 heteroatoms. The van der Waals surface area contributed by atoms with Crippen LogP contribution in [0.5, 0.6) is 0 Å². The van der Waals surface area contributed by atoms with Gasteiger partial charge in [0.05, 0.1) is 11.5 Å². The summed E-state index contributed by atoms with van der Waals surface area (Å²) in [5.41, 5.74) is -0.129. The summed E-state index contributed by atoms with van der Waals surface area (Å²) < 4.78 is 5.53. The second kappa shape index (κ2) is 3.56. The van der Waals surface area contributed by atoms with Crippen molar-refractivity contribution in [2.24, 2.45) is 5.41 Å². The van der Waals surface area contributed by atoms with Crippen LogP contribution >= 0.6 is 0 Å². The molecule has 0 aliphatic heterocycles. The second-order valence-electron chi connectivity index (χ2n) is 3.43. The fourth-order valence-electron chi connectivity index (χ4n) is 2.13. The van der Waals surface area contributed by atoms with Gasteiger partial charge in [0, 0.05) is 13.0 Å². The molecule has 0 spiro atoms. The minimum atomic E-state index is -0.129. The van der Waals surface area contributed by atoms with Crippen molar-refractivity contribution in [1.82, 2.24) is 0 Å². The highest BCUT2D eigenvalue weighted by molar-refractivity contribution is 5.92. The van der Waals surface area contributed by atoms with Crippen LogP contribution in [0.25, 0.3) is 0 Å². The van der Waals surface area contributed by atoms with Gasteiger partial charge in [0.15, 0.2) is 0 Å². The van der Waals surface area contributed by atoms with Gasteiger partial charge in [-0.1, -0.05) is 13.8 Å². The van der Waals surface area contributed by atoms with Gasteiger partial charge in [0.25, 0.3) is 0 Å². The fraction of sp³-hybridized carbons (Fsp3) is 0.900. The minimum Gasteiger partial charge on any atom is -0.377 e. The van der Waals surface area contributed by atoms with Gasteiger partial charge in [-0.05, 0) is 19.8 Å². The largest absolute Gasteiger partial charge is 0.377 e. The van der Waals surface area contributed by atoms with Gasteiger partial charge in [-0.25, -0.2) is 0 Å². The van der Waals surface area contributed by atoms with Gasteiger partial charge >= 0.3 is 0 Å². The highest BCUT2D eigenvalue weighted by atomic mass is 16.5. The van der Waals surface area contributed by atoms with Gasteiger partial charge < -0.3 is 4.74 Å². The van der Waals surface area contributed by atoms with E-state index in [1.54, 1.807) is 0 Å². The van der Waals surface area contributed by atoms with E-state index in [9.17, 15) is 4.79 Å². The Balaban J connectivity index is 2.63. The Hall–Kier alpha value is -0.370. The number of rotatable bonds is 4. The third-order valence-electron chi connectivity index (χ3n) is 3.17. The molecule has 0 amide bonds. The lowest BCUT2D eigenvalue weighted by atomic mass is 9.61. The lowest BCUT2D eigenvalue weighted by Gasteiger charge is -2.46. The van der Waals surface area contributed by atoms with Crippen LogP contribution in [0.2, 0.25) is 0 Å². The Morgan fingerprint density at radius 1 is 1.42 bits per heavy atom. The standard InChI is InChI=1S/C10H18O2/c1-4-10(5-2)8(11)7-9(10)12-6-3/h9H,4-7H2,1-3H3/t9-/m1/s1. The van der Waals surface area contributed by atoms with Crippen LogP contribution < -0.4 is 0 Å². The van der Waals surface area contributed by atoms with E-state index < -0.39 is 0 Å². The molecule has 1 rings (SSSR count). The number of hydrogen-bond acceptors (Lipinski definition) is 2. The van der Waals surface area contributed by atoms with E-state index in [0.717, 1.165) is 19.4 Å². The predicted molar refractivity (Wildman–Crippen MR) is 48.1 cm³/mol. The summed E-state index contributed by atoms with van der Waals surface area (Å²) in [4.78, 5) is 11.4. The summed E-state index contributed by atoms with van der Waals surface area (Å²) in [6.45, 7) is 6.86. The zero-order valence-corrected chi connectivity index (χ0v) is 8.22. The Kier molecular flexibility index (Phi) is 2.89. The van der Waals surface area contributed by atoms with Crippen LogP contribution in [-0.2, 0) is 9.53 Å². The molecular weight excluding hydrogens is 152 g/mol.